The molecule has 3 aromatic carbocycles. The molecule has 0 aliphatic heterocycles. The smallest absolute Gasteiger partial charge is 0.426 e. The molecule has 3 aromatic rings. The maximum atomic E-state index is 15.1. The van der Waals surface area contributed by atoms with E-state index in [4.69, 9.17) is 4.74 Å². The molecule has 0 unspecified atom stereocenters. The second-order valence-corrected chi connectivity index (χ2v) is 9.93. The summed E-state index contributed by atoms with van der Waals surface area (Å²) >= 11 is 0. The van der Waals surface area contributed by atoms with Crippen molar-refractivity contribution in [2.75, 3.05) is 0 Å². The van der Waals surface area contributed by atoms with Gasteiger partial charge < -0.3 is 9.47 Å². The van der Waals surface area contributed by atoms with Gasteiger partial charge in [0.25, 0.3) is 0 Å². The van der Waals surface area contributed by atoms with E-state index in [1.165, 1.54) is 81.0 Å². The van der Waals surface area contributed by atoms with E-state index >= 15 is 8.78 Å². The fourth-order valence-corrected chi connectivity index (χ4v) is 5.26. The molecule has 4 rings (SSSR count). The number of benzene rings is 3. The SMILES string of the molecule is CCCC1CCC(CCc2ccc(C(F)(F)Oc3ccccc3-c3ccc(OC(F)F)cc3)cc2)CC1. The van der Waals surface area contributed by atoms with Crippen molar-refractivity contribution in [3.8, 4) is 22.6 Å². The summed E-state index contributed by atoms with van der Waals surface area (Å²) in [6, 6.07) is 18.6. The summed E-state index contributed by atoms with van der Waals surface area (Å²) in [5.41, 5.74) is 1.82. The van der Waals surface area contributed by atoms with Gasteiger partial charge in [0.1, 0.15) is 11.5 Å². The Kier molecular flexibility index (Phi) is 9.12. The van der Waals surface area contributed by atoms with Crippen LogP contribution >= 0.6 is 0 Å². The molecule has 0 radical (unpaired) electrons. The quantitative estimate of drug-likeness (QED) is 0.237. The zero-order chi connectivity index (χ0) is 26.3. The molecule has 0 amide bonds. The minimum Gasteiger partial charge on any atom is -0.435 e. The molecule has 0 heterocycles. The molecule has 37 heavy (non-hydrogen) atoms. The van der Waals surface area contributed by atoms with Crippen molar-refractivity contribution in [1.82, 2.24) is 0 Å². The predicted molar refractivity (Wildman–Crippen MR) is 138 cm³/mol. The van der Waals surface area contributed by atoms with Gasteiger partial charge >= 0.3 is 12.7 Å². The van der Waals surface area contributed by atoms with Crippen molar-refractivity contribution in [1.29, 1.82) is 0 Å². The van der Waals surface area contributed by atoms with Crippen LogP contribution in [-0.4, -0.2) is 6.61 Å². The zero-order valence-corrected chi connectivity index (χ0v) is 21.1. The molecular weight excluding hydrogens is 480 g/mol. The average Bonchev–Trinajstić information content (AvgIpc) is 2.89. The van der Waals surface area contributed by atoms with Crippen molar-refractivity contribution in [2.24, 2.45) is 11.8 Å². The lowest BCUT2D eigenvalue weighted by molar-refractivity contribution is -0.185. The summed E-state index contributed by atoms with van der Waals surface area (Å²) in [4.78, 5) is 0. The predicted octanol–water partition coefficient (Wildman–Crippen LogP) is 9.62. The fourth-order valence-electron chi connectivity index (χ4n) is 5.26. The lowest BCUT2D eigenvalue weighted by Crippen LogP contribution is -2.22. The fraction of sp³-hybridized carbons (Fsp3) is 0.419. The lowest BCUT2D eigenvalue weighted by Gasteiger charge is -2.28. The number of halogens is 4. The molecule has 6 heteroatoms. The largest absolute Gasteiger partial charge is 0.435 e. The molecule has 0 bridgehead atoms. The van der Waals surface area contributed by atoms with Crippen molar-refractivity contribution in [3.63, 3.8) is 0 Å². The monoisotopic (exact) mass is 514 g/mol. The average molecular weight is 515 g/mol. The summed E-state index contributed by atoms with van der Waals surface area (Å²) in [6.45, 7) is -0.685. The van der Waals surface area contributed by atoms with Gasteiger partial charge in [-0.25, -0.2) is 0 Å². The highest BCUT2D eigenvalue weighted by Gasteiger charge is 2.35. The first kappa shape index (κ1) is 27.0. The maximum absolute atomic E-state index is 15.1. The molecule has 2 nitrogen and oxygen atoms in total. The van der Waals surface area contributed by atoms with Crippen LogP contribution in [-0.2, 0) is 12.5 Å². The Labute approximate surface area is 216 Å². The van der Waals surface area contributed by atoms with E-state index < -0.39 is 12.7 Å². The third kappa shape index (κ3) is 7.50. The molecule has 0 aromatic heterocycles. The molecule has 1 aliphatic rings. The Bertz CT molecular complexity index is 1100. The highest BCUT2D eigenvalue weighted by molar-refractivity contribution is 5.71. The Balaban J connectivity index is 1.38. The van der Waals surface area contributed by atoms with Crippen LogP contribution < -0.4 is 9.47 Å². The zero-order valence-electron chi connectivity index (χ0n) is 21.1. The van der Waals surface area contributed by atoms with E-state index in [2.05, 4.69) is 11.7 Å². The standard InChI is InChI=1S/C31H34F4O2/c1-2-5-22-8-10-23(11-9-22)12-13-24-14-18-26(19-15-24)31(34,35)37-29-7-4-3-6-28(29)25-16-20-27(21-17-25)36-30(32)33/h3-4,6-7,14-23,30H,2,5,8-13H2,1H3. The molecule has 1 saturated carbocycles. The number of alkyl halides is 4. The number of ether oxygens (including phenoxy) is 2. The van der Waals surface area contributed by atoms with Crippen LogP contribution in [0.3, 0.4) is 0 Å². The number of hydrogen-bond acceptors (Lipinski definition) is 2. The van der Waals surface area contributed by atoms with Crippen LogP contribution in [0.5, 0.6) is 11.5 Å². The first-order chi connectivity index (χ1) is 17.8. The van der Waals surface area contributed by atoms with Crippen molar-refractivity contribution < 1.29 is 27.0 Å². The normalized spacial score (nSPS) is 18.1. The Morgan fingerprint density at radius 1 is 0.811 bits per heavy atom. The van der Waals surface area contributed by atoms with Gasteiger partial charge in [-0.3, -0.25) is 0 Å². The highest BCUT2D eigenvalue weighted by Crippen LogP contribution is 2.38. The van der Waals surface area contributed by atoms with Crippen LogP contribution in [0.15, 0.2) is 72.8 Å². The van der Waals surface area contributed by atoms with Crippen molar-refractivity contribution >= 4 is 0 Å². The van der Waals surface area contributed by atoms with E-state index in [-0.39, 0.29) is 17.1 Å². The molecule has 0 spiro atoms. The van der Waals surface area contributed by atoms with Gasteiger partial charge in [-0.1, -0.05) is 87.9 Å². The molecular formula is C31H34F4O2. The lowest BCUT2D eigenvalue weighted by atomic mass is 9.78. The summed E-state index contributed by atoms with van der Waals surface area (Å²) in [6.07, 6.45) is 6.22. The van der Waals surface area contributed by atoms with Crippen LogP contribution in [0.4, 0.5) is 17.6 Å². The van der Waals surface area contributed by atoms with E-state index in [9.17, 15) is 8.78 Å². The van der Waals surface area contributed by atoms with Gasteiger partial charge in [0, 0.05) is 5.56 Å². The summed E-state index contributed by atoms with van der Waals surface area (Å²) in [7, 11) is 0. The first-order valence-corrected chi connectivity index (χ1v) is 13.1. The second kappa shape index (κ2) is 12.5. The van der Waals surface area contributed by atoms with E-state index in [0.29, 0.717) is 11.1 Å². The van der Waals surface area contributed by atoms with Gasteiger partial charge in [-0.2, -0.15) is 17.6 Å². The van der Waals surface area contributed by atoms with Gasteiger partial charge in [0.15, 0.2) is 0 Å². The van der Waals surface area contributed by atoms with Crippen LogP contribution in [0.25, 0.3) is 11.1 Å². The van der Waals surface area contributed by atoms with Gasteiger partial charge in [0.2, 0.25) is 0 Å². The Morgan fingerprint density at radius 2 is 1.43 bits per heavy atom. The molecule has 1 fully saturated rings. The Hall–Kier alpha value is -3.02. The highest BCUT2D eigenvalue weighted by atomic mass is 19.3. The minimum atomic E-state index is -3.54. The maximum Gasteiger partial charge on any atom is 0.426 e. The van der Waals surface area contributed by atoms with Gasteiger partial charge in [-0.05, 0) is 66.1 Å². The topological polar surface area (TPSA) is 18.5 Å². The Morgan fingerprint density at radius 3 is 2.05 bits per heavy atom. The number of hydrogen-bond donors (Lipinski definition) is 0. The van der Waals surface area contributed by atoms with Crippen LogP contribution in [0.2, 0.25) is 0 Å². The third-order valence-corrected chi connectivity index (χ3v) is 7.31. The third-order valence-electron chi connectivity index (χ3n) is 7.31. The summed E-state index contributed by atoms with van der Waals surface area (Å²) in [5.74, 6) is 1.60. The van der Waals surface area contributed by atoms with Crippen molar-refractivity contribution in [3.05, 3.63) is 83.9 Å². The van der Waals surface area contributed by atoms with Crippen LogP contribution in [0, 0.1) is 11.8 Å². The number of aryl methyl sites for hydroxylation is 1. The minimum absolute atomic E-state index is 0.00206. The summed E-state index contributed by atoms with van der Waals surface area (Å²) < 4.78 is 64.7. The second-order valence-electron chi connectivity index (χ2n) is 9.93. The van der Waals surface area contributed by atoms with Gasteiger partial charge in [0.05, 0.1) is 5.56 Å². The molecule has 0 saturated heterocycles. The van der Waals surface area contributed by atoms with Crippen molar-refractivity contribution in [2.45, 2.75) is 71.0 Å². The molecule has 0 N–H and O–H groups in total. The van der Waals surface area contributed by atoms with E-state index in [1.54, 1.807) is 30.3 Å². The van der Waals surface area contributed by atoms with E-state index in [1.807, 2.05) is 0 Å². The first-order valence-electron chi connectivity index (χ1n) is 13.1. The molecule has 1 aliphatic carbocycles. The van der Waals surface area contributed by atoms with Gasteiger partial charge in [-0.15, -0.1) is 0 Å². The molecule has 198 valence electrons. The van der Waals surface area contributed by atoms with E-state index in [0.717, 1.165) is 30.2 Å². The number of rotatable bonds is 11. The number of para-hydroxylation sites is 1. The summed E-state index contributed by atoms with van der Waals surface area (Å²) in [5, 5.41) is 0. The van der Waals surface area contributed by atoms with Crippen LogP contribution in [0.1, 0.15) is 63.0 Å². The molecule has 0 atom stereocenters.